The van der Waals surface area contributed by atoms with E-state index in [-0.39, 0.29) is 33.2 Å². The van der Waals surface area contributed by atoms with Gasteiger partial charge in [-0.25, -0.2) is 27.6 Å². The number of fused-ring (bicyclic) bond motifs is 2. The molecule has 0 saturated heterocycles. The minimum absolute atomic E-state index is 0.0402. The van der Waals surface area contributed by atoms with Gasteiger partial charge in [-0.3, -0.25) is 0 Å². The number of nitriles is 1. The Morgan fingerprint density at radius 1 is 1.34 bits per heavy atom. The van der Waals surface area contributed by atoms with Gasteiger partial charge in [0.05, 0.1) is 28.3 Å². The Labute approximate surface area is 171 Å². The topological polar surface area (TPSA) is 139 Å². The van der Waals surface area contributed by atoms with E-state index < -0.39 is 27.8 Å². The van der Waals surface area contributed by atoms with E-state index in [4.69, 9.17) is 9.85 Å². The number of aryl methyl sites for hydroxylation is 1. The van der Waals surface area contributed by atoms with Crippen LogP contribution < -0.4 is 10.5 Å². The van der Waals surface area contributed by atoms with E-state index >= 15 is 0 Å². The summed E-state index contributed by atoms with van der Waals surface area (Å²) >= 11 is 0. The van der Waals surface area contributed by atoms with Crippen LogP contribution >= 0.6 is 0 Å². The molecule has 6 rings (SSSR count). The summed E-state index contributed by atoms with van der Waals surface area (Å²) in [5.74, 6) is 0.110. The summed E-state index contributed by atoms with van der Waals surface area (Å²) in [4.78, 5) is 7.95. The van der Waals surface area contributed by atoms with Crippen LogP contribution in [0, 0.1) is 23.6 Å². The van der Waals surface area contributed by atoms with Crippen molar-refractivity contribution in [1.29, 1.82) is 5.26 Å². The summed E-state index contributed by atoms with van der Waals surface area (Å²) in [5, 5.41) is 13.4. The van der Waals surface area contributed by atoms with Gasteiger partial charge in [0.1, 0.15) is 6.33 Å². The largest absolute Gasteiger partial charge is 0.381 e. The molecule has 0 spiro atoms. The number of benzene rings is 1. The number of nitrogens with zero attached hydrogens (tertiary/aromatic N) is 5. The van der Waals surface area contributed by atoms with Crippen molar-refractivity contribution in [2.24, 2.45) is 5.41 Å². The maximum atomic E-state index is 13.2. The van der Waals surface area contributed by atoms with Gasteiger partial charge in [0.15, 0.2) is 11.5 Å². The molecule has 0 radical (unpaired) electrons. The smallest absolute Gasteiger partial charge is 0.241 e. The molecule has 0 aliphatic heterocycles. The van der Waals surface area contributed by atoms with Gasteiger partial charge in [0.25, 0.3) is 0 Å². The second kappa shape index (κ2) is 5.75. The molecule has 9 nitrogen and oxygen atoms in total. The number of imidazole rings is 1. The highest BCUT2D eigenvalue weighted by Crippen LogP contribution is 2.61. The van der Waals surface area contributed by atoms with Gasteiger partial charge < -0.3 is 5.73 Å². The fraction of sp³-hybridized carbons (Fsp3) is 0.368. The molecular formula is C19H19N7O2S. The van der Waals surface area contributed by atoms with E-state index in [2.05, 4.69) is 25.9 Å². The molecule has 2 aromatic heterocycles. The van der Waals surface area contributed by atoms with Gasteiger partial charge in [-0.15, -0.1) is 0 Å². The fourth-order valence-corrected chi connectivity index (χ4v) is 6.05. The Hall–Kier alpha value is -3.03. The molecule has 1 aromatic carbocycles. The van der Waals surface area contributed by atoms with E-state index in [1.54, 1.807) is 0 Å². The lowest BCUT2D eigenvalue weighted by Crippen LogP contribution is -2.55. The zero-order valence-electron chi connectivity index (χ0n) is 18.3. The van der Waals surface area contributed by atoms with Crippen LogP contribution in [0.1, 0.15) is 35.4 Å². The number of nitrogens with two attached hydrogens (primary N) is 1. The average molecular weight is 412 g/mol. The Kier molecular flexibility index (Phi) is 2.95. The number of rotatable bonds is 4. The fourth-order valence-electron chi connectivity index (χ4n) is 4.60. The molecule has 3 aliphatic carbocycles. The Balaban J connectivity index is 1.60. The Bertz CT molecular complexity index is 1400. The number of anilines is 1. The van der Waals surface area contributed by atoms with Gasteiger partial charge >= 0.3 is 0 Å². The average Bonchev–Trinajstić information content (AvgIpc) is 3.38. The third kappa shape index (κ3) is 2.62. The van der Waals surface area contributed by atoms with Crippen LogP contribution in [0.2, 0.25) is 0 Å². The Morgan fingerprint density at radius 2 is 2.17 bits per heavy atom. The lowest BCUT2D eigenvalue weighted by molar-refractivity contribution is 0.161. The number of nitrogen functional groups attached to an aromatic ring is 1. The van der Waals surface area contributed by atoms with Crippen molar-refractivity contribution in [3.8, 4) is 17.3 Å². The summed E-state index contributed by atoms with van der Waals surface area (Å²) in [6.07, 6.45) is 4.83. The SMILES string of the molecule is [2H]C([2H])([2H])c1ccc(S(=O)(=O)NC23CCC(C#N)(C2)C3)cc1-c1cnc2c(N)ncnn12. The van der Waals surface area contributed by atoms with Gasteiger partial charge in [0, 0.05) is 15.2 Å². The van der Waals surface area contributed by atoms with Crippen molar-refractivity contribution in [2.75, 3.05) is 5.73 Å². The van der Waals surface area contributed by atoms with Crippen LogP contribution in [-0.2, 0) is 10.0 Å². The van der Waals surface area contributed by atoms with Crippen molar-refractivity contribution in [3.05, 3.63) is 36.3 Å². The van der Waals surface area contributed by atoms with Crippen molar-refractivity contribution in [1.82, 2.24) is 24.3 Å². The van der Waals surface area contributed by atoms with Crippen LogP contribution in [0.4, 0.5) is 5.82 Å². The highest BCUT2D eigenvalue weighted by Gasteiger charge is 2.62. The van der Waals surface area contributed by atoms with Crippen LogP contribution in [0.25, 0.3) is 16.9 Å². The van der Waals surface area contributed by atoms with Crippen molar-refractivity contribution in [2.45, 2.75) is 43.0 Å². The summed E-state index contributed by atoms with van der Waals surface area (Å²) in [7, 11) is -3.97. The van der Waals surface area contributed by atoms with Gasteiger partial charge in [-0.1, -0.05) is 6.07 Å². The molecule has 3 N–H and O–H groups in total. The molecular weight excluding hydrogens is 390 g/mol. The third-order valence-electron chi connectivity index (χ3n) is 5.93. The van der Waals surface area contributed by atoms with Crippen molar-refractivity contribution < 1.29 is 12.5 Å². The summed E-state index contributed by atoms with van der Waals surface area (Å²) < 4.78 is 54.2. The van der Waals surface area contributed by atoms with Crippen LogP contribution in [0.5, 0.6) is 0 Å². The molecule has 10 heteroatoms. The monoisotopic (exact) mass is 412 g/mol. The van der Waals surface area contributed by atoms with Crippen LogP contribution in [-0.4, -0.2) is 33.5 Å². The summed E-state index contributed by atoms with van der Waals surface area (Å²) in [5.41, 5.74) is 5.40. The van der Waals surface area contributed by atoms with Crippen LogP contribution in [0.15, 0.2) is 35.6 Å². The lowest BCUT2D eigenvalue weighted by Gasteiger charge is -2.43. The van der Waals surface area contributed by atoms with E-state index in [0.29, 0.717) is 25.7 Å². The summed E-state index contributed by atoms with van der Waals surface area (Å²) in [6.45, 7) is -2.50. The molecule has 3 fully saturated rings. The first-order valence-electron chi connectivity index (χ1n) is 10.5. The summed E-state index contributed by atoms with van der Waals surface area (Å²) in [6, 6.07) is 6.18. The molecule has 0 amide bonds. The molecule has 3 aliphatic rings. The van der Waals surface area contributed by atoms with Gasteiger partial charge in [0.2, 0.25) is 10.0 Å². The van der Waals surface area contributed by atoms with Crippen LogP contribution in [0.3, 0.4) is 0 Å². The number of hydrogen-bond acceptors (Lipinski definition) is 7. The first-order valence-corrected chi connectivity index (χ1v) is 10.5. The highest BCUT2D eigenvalue weighted by atomic mass is 32.2. The number of hydrogen-bond donors (Lipinski definition) is 2. The zero-order chi connectivity index (χ0) is 22.9. The van der Waals surface area contributed by atoms with E-state index in [9.17, 15) is 13.7 Å². The van der Waals surface area contributed by atoms with Crippen molar-refractivity contribution in [3.63, 3.8) is 0 Å². The second-order valence-electron chi connectivity index (χ2n) is 7.86. The van der Waals surface area contributed by atoms with E-state index in [1.165, 1.54) is 35.2 Å². The number of sulfonamides is 1. The molecule has 2 bridgehead atoms. The minimum atomic E-state index is -3.97. The Morgan fingerprint density at radius 3 is 2.90 bits per heavy atom. The standard InChI is InChI=1S/C19H19N7O2S/c1-12-2-3-13(29(27,28)25-19-5-4-18(8-19,9-19)10-20)6-14(12)15-7-22-17-16(21)23-11-24-26(15)17/h2-3,6-7,11,25H,4-5,8-9H2,1H3,(H2,21,23,24)/i1D3. The van der Waals surface area contributed by atoms with Gasteiger partial charge in [-0.2, -0.15) is 10.4 Å². The molecule has 0 atom stereocenters. The molecule has 3 aromatic rings. The van der Waals surface area contributed by atoms with Crippen molar-refractivity contribution >= 4 is 21.5 Å². The maximum Gasteiger partial charge on any atom is 0.241 e. The predicted octanol–water partition coefficient (Wildman–Crippen LogP) is 1.80. The molecule has 0 unspecified atom stereocenters. The quantitative estimate of drug-likeness (QED) is 0.666. The molecule has 29 heavy (non-hydrogen) atoms. The third-order valence-corrected chi connectivity index (χ3v) is 7.51. The lowest BCUT2D eigenvalue weighted by atomic mass is 9.66. The van der Waals surface area contributed by atoms with E-state index in [0.717, 1.165) is 0 Å². The van der Waals surface area contributed by atoms with E-state index in [1.807, 2.05) is 0 Å². The highest BCUT2D eigenvalue weighted by molar-refractivity contribution is 7.89. The molecule has 148 valence electrons. The molecule has 3 saturated carbocycles. The molecule has 2 heterocycles. The van der Waals surface area contributed by atoms with Gasteiger partial charge in [-0.05, 0) is 50.2 Å². The maximum absolute atomic E-state index is 13.2. The zero-order valence-corrected chi connectivity index (χ0v) is 16.1. The normalized spacial score (nSPS) is 27.6. The second-order valence-corrected chi connectivity index (χ2v) is 9.55. The number of nitrogens with one attached hydrogen (secondary N) is 1. The number of aromatic nitrogens is 4. The minimum Gasteiger partial charge on any atom is -0.381 e. The predicted molar refractivity (Wildman–Crippen MR) is 105 cm³/mol. The first kappa shape index (κ1) is 14.9. The first-order chi connectivity index (χ1) is 15.0.